The third-order valence-electron chi connectivity index (χ3n) is 2.33. The monoisotopic (exact) mass is 282 g/mol. The molecule has 0 fully saturated rings. The molecule has 2 N–H and O–H groups in total. The number of hydrogen-bond donors (Lipinski definition) is 1. The number of nitrogen functional groups attached to an aromatic ring is 1. The van der Waals surface area contributed by atoms with E-state index >= 15 is 0 Å². The van der Waals surface area contributed by atoms with Gasteiger partial charge in [0.05, 0.1) is 15.6 Å². The molecule has 0 atom stereocenters. The van der Waals surface area contributed by atoms with E-state index in [1.54, 1.807) is 6.07 Å². The molecular weight excluding hydrogens is 275 g/mol. The number of benzene rings is 2. The Balaban J connectivity index is 2.42. The fraction of sp³-hybridized carbons (Fsp3) is 0. The first-order valence-corrected chi connectivity index (χ1v) is 5.52. The van der Waals surface area contributed by atoms with Crippen LogP contribution in [0.15, 0.2) is 36.4 Å². The number of nitrogens with zero attached hydrogens (tertiary/aromatic N) is 1. The van der Waals surface area contributed by atoms with Crippen molar-refractivity contribution >= 4 is 23.0 Å². The molecule has 0 saturated carbocycles. The molecule has 19 heavy (non-hydrogen) atoms. The average molecular weight is 283 g/mol. The molecule has 0 aliphatic carbocycles. The quantitative estimate of drug-likeness (QED) is 0.528. The number of nitro groups is 1. The molecule has 2 rings (SSSR count). The molecule has 0 bridgehead atoms. The number of nitro benzene ring substituents is 1. The minimum atomic E-state index is -0.681. The Kier molecular flexibility index (Phi) is 3.52. The Hall–Kier alpha value is -2.34. The molecule has 2 aromatic carbocycles. The predicted molar refractivity (Wildman–Crippen MR) is 69.0 cm³/mol. The molecule has 0 unspecified atom stereocenters. The van der Waals surface area contributed by atoms with Crippen molar-refractivity contribution in [3.05, 3.63) is 57.4 Å². The molecule has 0 aromatic heterocycles. The summed E-state index contributed by atoms with van der Waals surface area (Å²) in [5.41, 5.74) is 5.02. The van der Waals surface area contributed by atoms with Crippen molar-refractivity contribution in [2.75, 3.05) is 5.73 Å². The Morgan fingerprint density at radius 3 is 2.63 bits per heavy atom. The van der Waals surface area contributed by atoms with Crippen molar-refractivity contribution in [2.24, 2.45) is 0 Å². The smallest absolute Gasteiger partial charge is 0.311 e. The second kappa shape index (κ2) is 5.11. The minimum absolute atomic E-state index is 0.000378. The van der Waals surface area contributed by atoms with Crippen molar-refractivity contribution in [2.45, 2.75) is 0 Å². The van der Waals surface area contributed by atoms with Crippen LogP contribution in [0.5, 0.6) is 11.5 Å². The molecule has 98 valence electrons. The highest BCUT2D eigenvalue weighted by molar-refractivity contribution is 6.32. The highest BCUT2D eigenvalue weighted by atomic mass is 35.5. The maximum Gasteiger partial charge on any atom is 0.311 e. The van der Waals surface area contributed by atoms with Gasteiger partial charge >= 0.3 is 5.69 Å². The number of halogens is 2. The molecule has 7 heteroatoms. The standard InChI is InChI=1S/C12H8ClFN2O3/c13-7-5-8(14)9(15)6-12(7)19-11-4-2-1-3-10(11)16(17)18/h1-6H,15H2. The van der Waals surface area contributed by atoms with Crippen LogP contribution >= 0.6 is 11.6 Å². The normalized spacial score (nSPS) is 10.2. The summed E-state index contributed by atoms with van der Waals surface area (Å²) in [6.07, 6.45) is 0. The largest absolute Gasteiger partial charge is 0.448 e. The Bertz CT molecular complexity index is 649. The number of anilines is 1. The molecule has 5 nitrogen and oxygen atoms in total. The van der Waals surface area contributed by atoms with Gasteiger partial charge < -0.3 is 10.5 Å². The van der Waals surface area contributed by atoms with Crippen LogP contribution in [0.1, 0.15) is 0 Å². The third-order valence-corrected chi connectivity index (χ3v) is 2.63. The van der Waals surface area contributed by atoms with E-state index in [9.17, 15) is 14.5 Å². The van der Waals surface area contributed by atoms with Crippen molar-refractivity contribution in [3.8, 4) is 11.5 Å². The lowest BCUT2D eigenvalue weighted by Gasteiger charge is -2.09. The first kappa shape index (κ1) is 13.1. The van der Waals surface area contributed by atoms with Gasteiger partial charge in [0.25, 0.3) is 0 Å². The summed E-state index contributed by atoms with van der Waals surface area (Å²) >= 11 is 5.79. The van der Waals surface area contributed by atoms with Crippen LogP contribution in [0, 0.1) is 15.9 Å². The molecule has 0 aliphatic heterocycles. The Morgan fingerprint density at radius 2 is 1.95 bits per heavy atom. The summed E-state index contributed by atoms with van der Waals surface area (Å²) in [4.78, 5) is 10.2. The van der Waals surface area contributed by atoms with Crippen LogP contribution in [0.2, 0.25) is 5.02 Å². The van der Waals surface area contributed by atoms with E-state index in [0.29, 0.717) is 0 Å². The molecule has 2 aromatic rings. The van der Waals surface area contributed by atoms with E-state index < -0.39 is 10.7 Å². The Labute approximate surface area is 112 Å². The first-order chi connectivity index (χ1) is 8.99. The van der Waals surface area contributed by atoms with Gasteiger partial charge in [-0.1, -0.05) is 23.7 Å². The van der Waals surface area contributed by atoms with Crippen LogP contribution in [0.3, 0.4) is 0 Å². The highest BCUT2D eigenvalue weighted by Gasteiger charge is 2.16. The van der Waals surface area contributed by atoms with E-state index in [-0.39, 0.29) is 27.9 Å². The number of ether oxygens (including phenoxy) is 1. The van der Waals surface area contributed by atoms with Gasteiger partial charge in [-0.15, -0.1) is 0 Å². The summed E-state index contributed by atoms with van der Waals surface area (Å²) in [7, 11) is 0. The molecule has 0 spiro atoms. The maximum absolute atomic E-state index is 13.1. The molecule has 0 aliphatic rings. The zero-order chi connectivity index (χ0) is 14.0. The zero-order valence-electron chi connectivity index (χ0n) is 9.47. The lowest BCUT2D eigenvalue weighted by Crippen LogP contribution is -1.96. The van der Waals surface area contributed by atoms with Gasteiger partial charge in [0, 0.05) is 12.1 Å². The number of nitrogens with two attached hydrogens (primary N) is 1. The summed E-state index contributed by atoms with van der Waals surface area (Å²) < 4.78 is 18.4. The van der Waals surface area contributed by atoms with E-state index in [1.807, 2.05) is 0 Å². The van der Waals surface area contributed by atoms with Gasteiger partial charge in [0.15, 0.2) is 0 Å². The van der Waals surface area contributed by atoms with Crippen molar-refractivity contribution in [1.29, 1.82) is 0 Å². The zero-order valence-corrected chi connectivity index (χ0v) is 10.2. The average Bonchev–Trinajstić information content (AvgIpc) is 2.36. The molecule has 0 amide bonds. The van der Waals surface area contributed by atoms with Crippen LogP contribution in [0.25, 0.3) is 0 Å². The lowest BCUT2D eigenvalue weighted by molar-refractivity contribution is -0.385. The summed E-state index contributed by atoms with van der Waals surface area (Å²) in [5, 5.41) is 10.8. The van der Waals surface area contributed by atoms with Gasteiger partial charge in [-0.2, -0.15) is 0 Å². The number of para-hydroxylation sites is 2. The van der Waals surface area contributed by atoms with Gasteiger partial charge in [-0.25, -0.2) is 4.39 Å². The van der Waals surface area contributed by atoms with Gasteiger partial charge in [-0.05, 0) is 12.1 Å². The summed E-state index contributed by atoms with van der Waals surface area (Å²) in [6.45, 7) is 0. The van der Waals surface area contributed by atoms with Crippen LogP contribution in [0.4, 0.5) is 15.8 Å². The first-order valence-electron chi connectivity index (χ1n) is 5.15. The fourth-order valence-corrected chi connectivity index (χ4v) is 1.62. The van der Waals surface area contributed by atoms with Crippen molar-refractivity contribution in [1.82, 2.24) is 0 Å². The van der Waals surface area contributed by atoms with E-state index in [4.69, 9.17) is 22.1 Å². The summed E-state index contributed by atoms with van der Waals surface area (Å²) in [6, 6.07) is 7.94. The Morgan fingerprint density at radius 1 is 1.26 bits per heavy atom. The molecule has 0 radical (unpaired) electrons. The number of hydrogen-bond acceptors (Lipinski definition) is 4. The van der Waals surface area contributed by atoms with Crippen molar-refractivity contribution in [3.63, 3.8) is 0 Å². The summed E-state index contributed by atoms with van der Waals surface area (Å²) in [5.74, 6) is -0.629. The second-order valence-corrected chi connectivity index (χ2v) is 4.04. The molecular formula is C12H8ClFN2O3. The SMILES string of the molecule is Nc1cc(Oc2ccccc2[N+](=O)[O-])c(Cl)cc1F. The fourth-order valence-electron chi connectivity index (χ4n) is 1.44. The maximum atomic E-state index is 13.1. The van der Waals surface area contributed by atoms with Gasteiger partial charge in [0.2, 0.25) is 5.75 Å². The van der Waals surface area contributed by atoms with Gasteiger partial charge in [0.1, 0.15) is 11.6 Å². The van der Waals surface area contributed by atoms with Crippen molar-refractivity contribution < 1.29 is 14.1 Å². The van der Waals surface area contributed by atoms with E-state index in [0.717, 1.165) is 6.07 Å². The van der Waals surface area contributed by atoms with E-state index in [1.165, 1.54) is 24.3 Å². The van der Waals surface area contributed by atoms with Crippen LogP contribution in [-0.2, 0) is 0 Å². The highest BCUT2D eigenvalue weighted by Crippen LogP contribution is 2.36. The van der Waals surface area contributed by atoms with E-state index in [2.05, 4.69) is 0 Å². The minimum Gasteiger partial charge on any atom is -0.448 e. The third kappa shape index (κ3) is 2.74. The topological polar surface area (TPSA) is 78.4 Å². The lowest BCUT2D eigenvalue weighted by atomic mass is 10.2. The molecule has 0 saturated heterocycles. The van der Waals surface area contributed by atoms with Crippen LogP contribution < -0.4 is 10.5 Å². The van der Waals surface area contributed by atoms with Crippen LogP contribution in [-0.4, -0.2) is 4.92 Å². The number of rotatable bonds is 3. The predicted octanol–water partition coefficient (Wildman–Crippen LogP) is 3.76. The second-order valence-electron chi connectivity index (χ2n) is 3.63. The molecule has 0 heterocycles. The van der Waals surface area contributed by atoms with Gasteiger partial charge in [-0.3, -0.25) is 10.1 Å².